The largest absolute Gasteiger partial charge is 0.486 e. The van der Waals surface area contributed by atoms with Crippen molar-refractivity contribution >= 4 is 11.6 Å². The van der Waals surface area contributed by atoms with Crippen molar-refractivity contribution in [2.24, 2.45) is 0 Å². The van der Waals surface area contributed by atoms with E-state index >= 15 is 0 Å². The minimum Gasteiger partial charge on any atom is -0.486 e. The maximum absolute atomic E-state index is 8.91. The zero-order chi connectivity index (χ0) is 9.26. The number of aliphatic hydroxyl groups is 1. The van der Waals surface area contributed by atoms with Gasteiger partial charge in [0.2, 0.25) is 0 Å². The maximum atomic E-state index is 8.91. The van der Waals surface area contributed by atoms with Crippen molar-refractivity contribution in [3.8, 4) is 11.5 Å². The first-order chi connectivity index (χ1) is 6.31. The second kappa shape index (κ2) is 3.44. The zero-order valence-electron chi connectivity index (χ0n) is 6.92. The average Bonchev–Trinajstić information content (AvgIpc) is 2.18. The first-order valence-electron chi connectivity index (χ1n) is 4.00. The number of fused-ring (bicyclic) bond motifs is 1. The molecule has 0 saturated carbocycles. The smallest absolute Gasteiger partial charge is 0.179 e. The van der Waals surface area contributed by atoms with Gasteiger partial charge in [0.1, 0.15) is 13.2 Å². The van der Waals surface area contributed by atoms with Crippen LogP contribution in [0.4, 0.5) is 0 Å². The number of ether oxygens (including phenoxy) is 2. The predicted molar refractivity (Wildman–Crippen MR) is 48.4 cm³/mol. The summed E-state index contributed by atoms with van der Waals surface area (Å²) >= 11 is 5.91. The molecule has 0 radical (unpaired) electrons. The van der Waals surface area contributed by atoms with Crippen LogP contribution in [-0.2, 0) is 6.61 Å². The molecule has 0 saturated heterocycles. The summed E-state index contributed by atoms with van der Waals surface area (Å²) in [5.41, 5.74) is 0.731. The number of rotatable bonds is 1. The lowest BCUT2D eigenvalue weighted by Gasteiger charge is -2.19. The number of aliphatic hydroxyl groups excluding tert-OH is 1. The Labute approximate surface area is 80.8 Å². The van der Waals surface area contributed by atoms with Gasteiger partial charge in [0.25, 0.3) is 0 Å². The molecule has 0 spiro atoms. The lowest BCUT2D eigenvalue weighted by Crippen LogP contribution is -2.15. The molecule has 0 bridgehead atoms. The molecule has 1 aliphatic heterocycles. The summed E-state index contributed by atoms with van der Waals surface area (Å²) < 4.78 is 10.6. The lowest BCUT2D eigenvalue weighted by molar-refractivity contribution is 0.171. The van der Waals surface area contributed by atoms with Crippen LogP contribution in [0.15, 0.2) is 12.1 Å². The summed E-state index contributed by atoms with van der Waals surface area (Å²) in [5.74, 6) is 1.19. The first-order valence-corrected chi connectivity index (χ1v) is 4.38. The first kappa shape index (κ1) is 8.66. The highest BCUT2D eigenvalue weighted by molar-refractivity contribution is 6.32. The molecule has 0 aliphatic carbocycles. The number of benzene rings is 1. The summed E-state index contributed by atoms with van der Waals surface area (Å²) in [6.45, 7) is 1.000. The van der Waals surface area contributed by atoms with Crippen LogP contribution >= 0.6 is 11.6 Å². The molecule has 70 valence electrons. The minimum absolute atomic E-state index is 0.0453. The van der Waals surface area contributed by atoms with Gasteiger partial charge in [0.05, 0.1) is 11.6 Å². The van der Waals surface area contributed by atoms with Crippen LogP contribution in [0.25, 0.3) is 0 Å². The molecule has 0 fully saturated rings. The van der Waals surface area contributed by atoms with E-state index in [1.807, 2.05) is 0 Å². The van der Waals surface area contributed by atoms with E-state index in [0.717, 1.165) is 5.56 Å². The van der Waals surface area contributed by atoms with Crippen molar-refractivity contribution in [1.29, 1.82) is 0 Å². The molecule has 1 aromatic carbocycles. The molecule has 1 aliphatic rings. The number of hydrogen-bond donors (Lipinski definition) is 1. The third-order valence-electron chi connectivity index (χ3n) is 1.84. The summed E-state index contributed by atoms with van der Waals surface area (Å²) in [5, 5.41) is 9.40. The Morgan fingerprint density at radius 1 is 1.31 bits per heavy atom. The molecule has 0 aromatic heterocycles. The van der Waals surface area contributed by atoms with Crippen LogP contribution in [-0.4, -0.2) is 18.3 Å². The topological polar surface area (TPSA) is 38.7 Å². The normalized spacial score (nSPS) is 14.3. The molecule has 13 heavy (non-hydrogen) atoms. The van der Waals surface area contributed by atoms with Gasteiger partial charge in [-0.1, -0.05) is 11.6 Å². The van der Waals surface area contributed by atoms with Crippen molar-refractivity contribution < 1.29 is 14.6 Å². The molecule has 2 rings (SSSR count). The Bertz CT molecular complexity index is 325. The Morgan fingerprint density at radius 3 is 2.85 bits per heavy atom. The monoisotopic (exact) mass is 200 g/mol. The summed E-state index contributed by atoms with van der Waals surface area (Å²) in [7, 11) is 0. The van der Waals surface area contributed by atoms with E-state index < -0.39 is 0 Å². The maximum Gasteiger partial charge on any atom is 0.179 e. The molecule has 3 nitrogen and oxygen atoms in total. The quantitative estimate of drug-likeness (QED) is 0.749. The van der Waals surface area contributed by atoms with Crippen LogP contribution in [0.1, 0.15) is 5.56 Å². The second-order valence-corrected chi connectivity index (χ2v) is 3.17. The number of hydrogen-bond acceptors (Lipinski definition) is 3. The lowest BCUT2D eigenvalue weighted by atomic mass is 10.2. The van der Waals surface area contributed by atoms with Gasteiger partial charge >= 0.3 is 0 Å². The van der Waals surface area contributed by atoms with Crippen LogP contribution in [0, 0.1) is 0 Å². The Morgan fingerprint density at radius 2 is 2.08 bits per heavy atom. The van der Waals surface area contributed by atoms with Crippen molar-refractivity contribution in [1.82, 2.24) is 0 Å². The van der Waals surface area contributed by atoms with E-state index in [1.165, 1.54) is 0 Å². The standard InChI is InChI=1S/C9H9ClO3/c10-7-3-6(5-11)4-8-9(7)13-2-1-12-8/h3-4,11H,1-2,5H2. The SMILES string of the molecule is OCc1cc(Cl)c2c(c1)OCCO2. The highest BCUT2D eigenvalue weighted by atomic mass is 35.5. The van der Waals surface area contributed by atoms with Gasteiger partial charge < -0.3 is 14.6 Å². The van der Waals surface area contributed by atoms with Crippen molar-refractivity contribution in [2.75, 3.05) is 13.2 Å². The second-order valence-electron chi connectivity index (χ2n) is 2.76. The molecule has 1 aromatic rings. The molecule has 1 N–H and O–H groups in total. The van der Waals surface area contributed by atoms with Gasteiger partial charge in [-0.25, -0.2) is 0 Å². The molecule has 4 heteroatoms. The summed E-state index contributed by atoms with van der Waals surface area (Å²) in [4.78, 5) is 0. The van der Waals surface area contributed by atoms with E-state index in [4.69, 9.17) is 26.2 Å². The van der Waals surface area contributed by atoms with Crippen LogP contribution in [0.2, 0.25) is 5.02 Å². The van der Waals surface area contributed by atoms with Crippen molar-refractivity contribution in [3.63, 3.8) is 0 Å². The molecule has 0 unspecified atom stereocenters. The number of halogens is 1. The highest BCUT2D eigenvalue weighted by Crippen LogP contribution is 2.38. The fourth-order valence-corrected chi connectivity index (χ4v) is 1.54. The zero-order valence-corrected chi connectivity index (χ0v) is 7.67. The Hall–Kier alpha value is -0.930. The molecule has 0 atom stereocenters. The highest BCUT2D eigenvalue weighted by Gasteiger charge is 2.15. The molecular formula is C9H9ClO3. The molecule has 0 amide bonds. The summed E-state index contributed by atoms with van der Waals surface area (Å²) in [6, 6.07) is 3.41. The Kier molecular flexibility index (Phi) is 2.29. The van der Waals surface area contributed by atoms with Crippen molar-refractivity contribution in [2.45, 2.75) is 6.61 Å². The van der Waals surface area contributed by atoms with Crippen LogP contribution < -0.4 is 9.47 Å². The van der Waals surface area contributed by atoms with Gasteiger partial charge in [0.15, 0.2) is 11.5 Å². The van der Waals surface area contributed by atoms with Gasteiger partial charge in [-0.3, -0.25) is 0 Å². The van der Waals surface area contributed by atoms with E-state index in [2.05, 4.69) is 0 Å². The Balaban J connectivity index is 2.47. The van der Waals surface area contributed by atoms with Crippen LogP contribution in [0.5, 0.6) is 11.5 Å². The van der Waals surface area contributed by atoms with Gasteiger partial charge in [-0.15, -0.1) is 0 Å². The predicted octanol–water partition coefficient (Wildman–Crippen LogP) is 1.60. The van der Waals surface area contributed by atoms with Crippen molar-refractivity contribution in [3.05, 3.63) is 22.7 Å². The molecule has 1 heterocycles. The van der Waals surface area contributed by atoms with E-state index in [9.17, 15) is 0 Å². The van der Waals surface area contributed by atoms with Crippen LogP contribution in [0.3, 0.4) is 0 Å². The van der Waals surface area contributed by atoms with E-state index in [-0.39, 0.29) is 6.61 Å². The van der Waals surface area contributed by atoms with Gasteiger partial charge in [-0.2, -0.15) is 0 Å². The van der Waals surface area contributed by atoms with Gasteiger partial charge in [0, 0.05) is 0 Å². The van der Waals surface area contributed by atoms with E-state index in [1.54, 1.807) is 12.1 Å². The fraction of sp³-hybridized carbons (Fsp3) is 0.333. The summed E-state index contributed by atoms with van der Waals surface area (Å²) in [6.07, 6.45) is 0. The van der Waals surface area contributed by atoms with Gasteiger partial charge in [-0.05, 0) is 17.7 Å². The fourth-order valence-electron chi connectivity index (χ4n) is 1.26. The average molecular weight is 201 g/mol. The van der Waals surface area contributed by atoms with E-state index in [0.29, 0.717) is 29.7 Å². The third-order valence-corrected chi connectivity index (χ3v) is 2.12. The minimum atomic E-state index is -0.0453. The third kappa shape index (κ3) is 1.57. The molecular weight excluding hydrogens is 192 g/mol.